The largest absolute Gasteiger partial charge is 0.418 e. The lowest BCUT2D eigenvalue weighted by molar-refractivity contribution is -0.137. The van der Waals surface area contributed by atoms with E-state index in [9.17, 15) is 13.2 Å². The average Bonchev–Trinajstić information content (AvgIpc) is 2.39. The Morgan fingerprint density at radius 2 is 1.84 bits per heavy atom. The molecule has 1 aromatic carbocycles. The van der Waals surface area contributed by atoms with Crippen LogP contribution in [-0.2, 0) is 6.18 Å². The molecule has 2 unspecified atom stereocenters. The van der Waals surface area contributed by atoms with Gasteiger partial charge in [0, 0.05) is 17.0 Å². The minimum Gasteiger partial charge on any atom is -0.381 e. The van der Waals surface area contributed by atoms with Crippen molar-refractivity contribution in [3.8, 4) is 0 Å². The van der Waals surface area contributed by atoms with Gasteiger partial charge in [0.2, 0.25) is 0 Å². The number of benzene rings is 1. The number of hydrogen-bond donors (Lipinski definition) is 1. The fraction of sp³-hybridized carbons (Fsp3) is 0.571. The Morgan fingerprint density at radius 1 is 1.16 bits per heavy atom. The maximum atomic E-state index is 12.9. The van der Waals surface area contributed by atoms with E-state index in [4.69, 9.17) is 0 Å². The number of para-hydroxylation sites is 1. The number of halogens is 3. The van der Waals surface area contributed by atoms with Crippen LogP contribution in [0, 0.1) is 0 Å². The second-order valence-corrected chi connectivity index (χ2v) is 5.93. The van der Waals surface area contributed by atoms with E-state index < -0.39 is 11.7 Å². The van der Waals surface area contributed by atoms with Crippen LogP contribution in [-0.4, -0.2) is 17.5 Å². The van der Waals surface area contributed by atoms with Crippen LogP contribution in [0.1, 0.15) is 31.2 Å². The van der Waals surface area contributed by atoms with Crippen LogP contribution in [0.4, 0.5) is 18.9 Å². The molecule has 0 aliphatic heterocycles. The van der Waals surface area contributed by atoms with Crippen molar-refractivity contribution < 1.29 is 13.2 Å². The number of nitrogens with one attached hydrogen (secondary N) is 1. The van der Waals surface area contributed by atoms with Crippen LogP contribution < -0.4 is 5.32 Å². The van der Waals surface area contributed by atoms with Gasteiger partial charge in [0.15, 0.2) is 0 Å². The maximum Gasteiger partial charge on any atom is 0.418 e. The predicted octanol–water partition coefficient (Wildman–Crippen LogP) is 4.79. The van der Waals surface area contributed by atoms with Gasteiger partial charge in [0.1, 0.15) is 0 Å². The molecular formula is C14H18F3NS. The van der Waals surface area contributed by atoms with Gasteiger partial charge in [-0.15, -0.1) is 0 Å². The molecule has 106 valence electrons. The minimum atomic E-state index is -4.30. The lowest BCUT2D eigenvalue weighted by Gasteiger charge is -2.32. The molecule has 1 aliphatic rings. The van der Waals surface area contributed by atoms with Crippen molar-refractivity contribution >= 4 is 17.4 Å². The van der Waals surface area contributed by atoms with Gasteiger partial charge in [0.25, 0.3) is 0 Å². The summed E-state index contributed by atoms with van der Waals surface area (Å²) in [5.74, 6) is 0. The van der Waals surface area contributed by atoms with Crippen molar-refractivity contribution in [1.29, 1.82) is 0 Å². The Hall–Kier alpha value is -0.840. The first-order valence-electron chi connectivity index (χ1n) is 6.48. The molecule has 1 aromatic rings. The highest BCUT2D eigenvalue weighted by Crippen LogP contribution is 2.37. The van der Waals surface area contributed by atoms with Gasteiger partial charge in [0.05, 0.1) is 5.56 Å². The Labute approximate surface area is 116 Å². The number of alkyl halides is 3. The molecule has 0 radical (unpaired) electrons. The first-order valence-corrected chi connectivity index (χ1v) is 7.76. The SMILES string of the molecule is CSC1CCCCC1Nc1ccccc1C(F)(F)F. The van der Waals surface area contributed by atoms with E-state index >= 15 is 0 Å². The zero-order valence-electron chi connectivity index (χ0n) is 10.8. The maximum absolute atomic E-state index is 12.9. The van der Waals surface area contributed by atoms with Crippen molar-refractivity contribution in [3.63, 3.8) is 0 Å². The molecule has 2 rings (SSSR count). The number of hydrogen-bond acceptors (Lipinski definition) is 2. The fourth-order valence-corrected chi connectivity index (χ4v) is 3.54. The van der Waals surface area contributed by atoms with E-state index in [1.54, 1.807) is 17.8 Å². The molecule has 0 saturated heterocycles. The van der Waals surface area contributed by atoms with E-state index in [1.165, 1.54) is 18.6 Å². The Morgan fingerprint density at radius 3 is 2.53 bits per heavy atom. The zero-order chi connectivity index (χ0) is 13.9. The lowest BCUT2D eigenvalue weighted by atomic mass is 9.94. The van der Waals surface area contributed by atoms with Crippen molar-refractivity contribution in [1.82, 2.24) is 0 Å². The van der Waals surface area contributed by atoms with Gasteiger partial charge in [-0.3, -0.25) is 0 Å². The molecule has 0 heterocycles. The summed E-state index contributed by atoms with van der Waals surface area (Å²) in [4.78, 5) is 0. The molecule has 1 N–H and O–H groups in total. The standard InChI is InChI=1S/C14H18F3NS/c1-19-13-9-5-4-8-12(13)18-11-7-3-2-6-10(11)14(15,16)17/h2-3,6-7,12-13,18H,4-5,8-9H2,1H3. The molecule has 0 aromatic heterocycles. The van der Waals surface area contributed by atoms with Crippen LogP contribution in [0.15, 0.2) is 24.3 Å². The van der Waals surface area contributed by atoms with Gasteiger partial charge < -0.3 is 5.32 Å². The van der Waals surface area contributed by atoms with Crippen molar-refractivity contribution in [3.05, 3.63) is 29.8 Å². The molecule has 19 heavy (non-hydrogen) atoms. The first-order chi connectivity index (χ1) is 9.02. The molecule has 2 atom stereocenters. The Bertz CT molecular complexity index is 419. The Balaban J connectivity index is 2.18. The van der Waals surface area contributed by atoms with E-state index in [-0.39, 0.29) is 11.7 Å². The second-order valence-electron chi connectivity index (χ2n) is 4.85. The van der Waals surface area contributed by atoms with Crippen molar-refractivity contribution in [2.24, 2.45) is 0 Å². The zero-order valence-corrected chi connectivity index (χ0v) is 11.7. The fourth-order valence-electron chi connectivity index (χ4n) is 2.60. The summed E-state index contributed by atoms with van der Waals surface area (Å²) >= 11 is 1.74. The highest BCUT2D eigenvalue weighted by molar-refractivity contribution is 7.99. The predicted molar refractivity (Wildman–Crippen MR) is 74.6 cm³/mol. The molecule has 1 fully saturated rings. The smallest absolute Gasteiger partial charge is 0.381 e. The number of anilines is 1. The number of thioether (sulfide) groups is 1. The van der Waals surface area contributed by atoms with Crippen molar-refractivity contribution in [2.45, 2.75) is 43.2 Å². The van der Waals surface area contributed by atoms with E-state index in [0.29, 0.717) is 5.25 Å². The average molecular weight is 289 g/mol. The number of rotatable bonds is 3. The molecule has 1 aliphatic carbocycles. The van der Waals surface area contributed by atoms with Gasteiger partial charge >= 0.3 is 6.18 Å². The summed E-state index contributed by atoms with van der Waals surface area (Å²) in [5.41, 5.74) is -0.360. The monoisotopic (exact) mass is 289 g/mol. The van der Waals surface area contributed by atoms with E-state index in [1.807, 2.05) is 6.26 Å². The summed E-state index contributed by atoms with van der Waals surface area (Å²) in [6, 6.07) is 5.87. The van der Waals surface area contributed by atoms with E-state index in [0.717, 1.165) is 25.3 Å². The van der Waals surface area contributed by atoms with Crippen molar-refractivity contribution in [2.75, 3.05) is 11.6 Å². The molecular weight excluding hydrogens is 271 g/mol. The second kappa shape index (κ2) is 6.07. The third kappa shape index (κ3) is 3.59. The van der Waals surface area contributed by atoms with Gasteiger partial charge in [-0.25, -0.2) is 0 Å². The first kappa shape index (κ1) is 14.6. The quantitative estimate of drug-likeness (QED) is 0.858. The molecule has 0 amide bonds. The van der Waals surface area contributed by atoms with Gasteiger partial charge in [-0.1, -0.05) is 25.0 Å². The minimum absolute atomic E-state index is 0.132. The van der Waals surface area contributed by atoms with Crippen LogP contribution >= 0.6 is 11.8 Å². The van der Waals surface area contributed by atoms with Gasteiger partial charge in [-0.05, 0) is 31.2 Å². The Kier molecular flexibility index (Phi) is 4.66. The lowest BCUT2D eigenvalue weighted by Crippen LogP contribution is -2.34. The molecule has 0 spiro atoms. The van der Waals surface area contributed by atoms with Crippen LogP contribution in [0.2, 0.25) is 0 Å². The molecule has 0 bridgehead atoms. The topological polar surface area (TPSA) is 12.0 Å². The van der Waals surface area contributed by atoms with Crippen LogP contribution in [0.25, 0.3) is 0 Å². The summed E-state index contributed by atoms with van der Waals surface area (Å²) < 4.78 is 38.8. The van der Waals surface area contributed by atoms with Crippen LogP contribution in [0.3, 0.4) is 0 Å². The summed E-state index contributed by atoms with van der Waals surface area (Å²) in [5, 5.41) is 3.51. The third-order valence-corrected chi connectivity index (χ3v) is 4.75. The highest BCUT2D eigenvalue weighted by atomic mass is 32.2. The third-order valence-electron chi connectivity index (χ3n) is 3.58. The molecule has 1 saturated carbocycles. The van der Waals surface area contributed by atoms with Gasteiger partial charge in [-0.2, -0.15) is 24.9 Å². The molecule has 1 nitrogen and oxygen atoms in total. The highest BCUT2D eigenvalue weighted by Gasteiger charge is 2.34. The normalized spacial score (nSPS) is 24.2. The summed E-state index contributed by atoms with van der Waals surface area (Å²) in [6.45, 7) is 0. The molecule has 5 heteroatoms. The summed E-state index contributed by atoms with van der Waals surface area (Å²) in [7, 11) is 0. The van der Waals surface area contributed by atoms with Crippen LogP contribution in [0.5, 0.6) is 0 Å². The summed E-state index contributed by atoms with van der Waals surface area (Å²) in [6.07, 6.45) is 2.01. The van der Waals surface area contributed by atoms with E-state index in [2.05, 4.69) is 5.32 Å².